The first-order valence-corrected chi connectivity index (χ1v) is 13.9. The molecule has 0 radical (unpaired) electrons. The monoisotopic (exact) mass is 507 g/mol. The van der Waals surface area contributed by atoms with Gasteiger partial charge in [-0.1, -0.05) is 104 Å². The molecule has 1 amide bonds. The summed E-state index contributed by atoms with van der Waals surface area (Å²) in [5.74, 6) is -2.06. The van der Waals surface area contributed by atoms with Gasteiger partial charge in [-0.2, -0.15) is 0 Å². The van der Waals surface area contributed by atoms with Crippen LogP contribution in [0.2, 0.25) is 0 Å². The summed E-state index contributed by atoms with van der Waals surface area (Å²) in [4.78, 5) is 12.4. The summed E-state index contributed by atoms with van der Waals surface area (Å²) in [5, 5.41) is 24.4. The van der Waals surface area contributed by atoms with Crippen LogP contribution >= 0.6 is 0 Å². The van der Waals surface area contributed by atoms with Crippen LogP contribution in [0.25, 0.3) is 0 Å². The number of hydrogen-bond acceptors (Lipinski definition) is 4. The molecule has 0 aromatic rings. The minimum atomic E-state index is -1.99. The van der Waals surface area contributed by atoms with Gasteiger partial charge in [-0.3, -0.25) is 4.79 Å². The number of unbranched alkanes of at least 4 members (excludes halogenated alkanes) is 15. The SMILES string of the molecule is CCCCCCCCCCCCCCCCCC[N+](C)(C)CC(=O)NC(CC)NC(C)(O)O.[Cl-]. The van der Waals surface area contributed by atoms with Gasteiger partial charge in [-0.25, -0.2) is 5.32 Å². The van der Waals surface area contributed by atoms with Crippen LogP contribution in [0.4, 0.5) is 0 Å². The lowest BCUT2D eigenvalue weighted by molar-refractivity contribution is -0.882. The van der Waals surface area contributed by atoms with E-state index in [0.29, 0.717) is 17.4 Å². The summed E-state index contributed by atoms with van der Waals surface area (Å²) in [6, 6.07) is 0. The predicted octanol–water partition coefficient (Wildman–Crippen LogP) is 2.43. The van der Waals surface area contributed by atoms with Crippen LogP contribution in [0.15, 0.2) is 0 Å². The third-order valence-electron chi connectivity index (χ3n) is 6.38. The van der Waals surface area contributed by atoms with Gasteiger partial charge in [-0.05, 0) is 19.3 Å². The number of nitrogens with one attached hydrogen (secondary N) is 2. The van der Waals surface area contributed by atoms with Crippen molar-refractivity contribution in [2.75, 3.05) is 27.2 Å². The molecule has 206 valence electrons. The molecule has 4 N–H and O–H groups in total. The van der Waals surface area contributed by atoms with E-state index in [4.69, 9.17) is 0 Å². The number of nitrogens with zero attached hydrogens (tertiary/aromatic N) is 1. The lowest BCUT2D eigenvalue weighted by Gasteiger charge is -2.31. The van der Waals surface area contributed by atoms with Crippen molar-refractivity contribution < 1.29 is 31.9 Å². The Morgan fingerprint density at radius 2 is 1.15 bits per heavy atom. The maximum absolute atomic E-state index is 12.4. The van der Waals surface area contributed by atoms with E-state index in [1.165, 1.54) is 103 Å². The highest BCUT2D eigenvalue weighted by Gasteiger charge is 2.24. The van der Waals surface area contributed by atoms with Crippen molar-refractivity contribution in [3.05, 3.63) is 0 Å². The van der Waals surface area contributed by atoms with Crippen molar-refractivity contribution in [1.82, 2.24) is 10.6 Å². The highest BCUT2D eigenvalue weighted by molar-refractivity contribution is 5.77. The van der Waals surface area contributed by atoms with E-state index in [2.05, 4.69) is 31.7 Å². The van der Waals surface area contributed by atoms with Crippen molar-refractivity contribution in [3.8, 4) is 0 Å². The Labute approximate surface area is 217 Å². The van der Waals surface area contributed by atoms with Gasteiger partial charge in [0.25, 0.3) is 5.91 Å². The molecule has 1 atom stereocenters. The smallest absolute Gasteiger partial charge is 0.276 e. The minimum absolute atomic E-state index is 0. The van der Waals surface area contributed by atoms with E-state index in [1.807, 2.05) is 6.92 Å². The Balaban J connectivity index is 0. The van der Waals surface area contributed by atoms with E-state index in [0.717, 1.165) is 13.0 Å². The number of rotatable bonds is 23. The minimum Gasteiger partial charge on any atom is -1.00 e. The fourth-order valence-electron chi connectivity index (χ4n) is 4.37. The molecular weight excluding hydrogens is 450 g/mol. The van der Waals surface area contributed by atoms with Crippen LogP contribution in [0.5, 0.6) is 0 Å². The Morgan fingerprint density at radius 1 is 0.765 bits per heavy atom. The number of quaternary nitrogens is 1. The molecule has 0 heterocycles. The van der Waals surface area contributed by atoms with E-state index >= 15 is 0 Å². The number of amides is 1. The molecule has 0 fully saturated rings. The van der Waals surface area contributed by atoms with Crippen molar-refractivity contribution >= 4 is 5.91 Å². The second kappa shape index (κ2) is 21.8. The first kappa shape index (κ1) is 35.8. The summed E-state index contributed by atoms with van der Waals surface area (Å²) in [7, 11) is 4.17. The first-order valence-electron chi connectivity index (χ1n) is 13.9. The Bertz CT molecular complexity index is 471. The molecule has 0 spiro atoms. The molecule has 0 saturated carbocycles. The molecule has 0 aliphatic carbocycles. The molecule has 0 aliphatic heterocycles. The fraction of sp³-hybridized carbons (Fsp3) is 0.963. The van der Waals surface area contributed by atoms with Crippen LogP contribution in [0.3, 0.4) is 0 Å². The fourth-order valence-corrected chi connectivity index (χ4v) is 4.37. The maximum Gasteiger partial charge on any atom is 0.276 e. The lowest BCUT2D eigenvalue weighted by atomic mass is 10.0. The average molecular weight is 508 g/mol. The third-order valence-corrected chi connectivity index (χ3v) is 6.38. The average Bonchev–Trinajstić information content (AvgIpc) is 2.71. The van der Waals surface area contributed by atoms with Crippen molar-refractivity contribution in [1.29, 1.82) is 0 Å². The Morgan fingerprint density at radius 3 is 1.50 bits per heavy atom. The van der Waals surface area contributed by atoms with Gasteiger partial charge in [0.05, 0.1) is 26.8 Å². The molecule has 0 saturated heterocycles. The van der Waals surface area contributed by atoms with Crippen molar-refractivity contribution in [2.45, 2.75) is 142 Å². The zero-order valence-corrected chi connectivity index (χ0v) is 23.9. The van der Waals surface area contributed by atoms with Crippen LogP contribution in [0.1, 0.15) is 130 Å². The second-order valence-electron chi connectivity index (χ2n) is 10.8. The van der Waals surface area contributed by atoms with Gasteiger partial charge in [-0.15, -0.1) is 0 Å². The largest absolute Gasteiger partial charge is 1.00 e. The van der Waals surface area contributed by atoms with Crippen LogP contribution in [-0.4, -0.2) is 59.9 Å². The molecule has 0 aliphatic rings. The number of carbonyl (C=O) groups excluding carboxylic acids is 1. The maximum atomic E-state index is 12.4. The van der Waals surface area contributed by atoms with Gasteiger partial charge in [0.2, 0.25) is 5.91 Å². The summed E-state index contributed by atoms with van der Waals surface area (Å²) < 4.78 is 0.649. The zero-order chi connectivity index (χ0) is 25.0. The van der Waals surface area contributed by atoms with Crippen LogP contribution in [-0.2, 0) is 4.79 Å². The first-order chi connectivity index (χ1) is 15.6. The molecule has 34 heavy (non-hydrogen) atoms. The lowest BCUT2D eigenvalue weighted by Crippen LogP contribution is -3.00. The molecule has 0 aromatic heterocycles. The van der Waals surface area contributed by atoms with Crippen LogP contribution in [0, 0.1) is 0 Å². The zero-order valence-electron chi connectivity index (χ0n) is 23.1. The molecular formula is C27H58ClN3O3. The van der Waals surface area contributed by atoms with Crippen molar-refractivity contribution in [3.63, 3.8) is 0 Å². The molecule has 0 bridgehead atoms. The van der Waals surface area contributed by atoms with Gasteiger partial charge < -0.3 is 32.4 Å². The van der Waals surface area contributed by atoms with Gasteiger partial charge in [0.15, 0.2) is 6.54 Å². The van der Waals surface area contributed by atoms with Crippen LogP contribution < -0.4 is 23.0 Å². The summed E-state index contributed by atoms with van der Waals surface area (Å²) in [6.45, 7) is 6.79. The van der Waals surface area contributed by atoms with Gasteiger partial charge >= 0.3 is 0 Å². The second-order valence-corrected chi connectivity index (χ2v) is 10.8. The number of carbonyl (C=O) groups is 1. The van der Waals surface area contributed by atoms with Gasteiger partial charge in [0.1, 0.15) is 0 Å². The summed E-state index contributed by atoms with van der Waals surface area (Å²) >= 11 is 0. The van der Waals surface area contributed by atoms with E-state index in [9.17, 15) is 15.0 Å². The number of aliphatic hydroxyl groups is 2. The third kappa shape index (κ3) is 24.7. The predicted molar refractivity (Wildman–Crippen MR) is 140 cm³/mol. The topological polar surface area (TPSA) is 81.6 Å². The van der Waals surface area contributed by atoms with Crippen molar-refractivity contribution in [2.24, 2.45) is 0 Å². The Kier molecular flexibility index (Phi) is 23.0. The summed E-state index contributed by atoms with van der Waals surface area (Å²) in [6.07, 6.45) is 22.0. The Hall–Kier alpha value is -0.400. The summed E-state index contributed by atoms with van der Waals surface area (Å²) in [5.41, 5.74) is 0. The molecule has 6 nitrogen and oxygen atoms in total. The van der Waals surface area contributed by atoms with E-state index < -0.39 is 12.1 Å². The van der Waals surface area contributed by atoms with E-state index in [-0.39, 0.29) is 18.3 Å². The molecule has 0 aromatic carbocycles. The standard InChI is InChI=1S/C27H57N3O3.ClH/c1-6-8-9-10-11-12-13-14-15-16-17-18-19-20-21-22-23-30(4,5)24-26(31)28-25(7-2)29-27(3,32)33;/h25,29,32-33H,6-24H2,1-5H3;1H. The highest BCUT2D eigenvalue weighted by atomic mass is 35.5. The highest BCUT2D eigenvalue weighted by Crippen LogP contribution is 2.14. The van der Waals surface area contributed by atoms with E-state index in [1.54, 1.807) is 0 Å². The number of hydrogen-bond donors (Lipinski definition) is 4. The molecule has 0 rings (SSSR count). The molecule has 1 unspecified atom stereocenters. The molecule has 7 heteroatoms. The quantitative estimate of drug-likeness (QED) is 0.0972. The van der Waals surface area contributed by atoms with Gasteiger partial charge in [0, 0.05) is 6.92 Å². The normalized spacial score (nSPS) is 12.9. The number of likely N-dealkylation sites (N-methyl/N-ethyl adjacent to an activating group) is 1. The number of halogens is 1.